The van der Waals surface area contributed by atoms with Gasteiger partial charge in [0.15, 0.2) is 11.5 Å². The van der Waals surface area contributed by atoms with Crippen molar-refractivity contribution >= 4 is 11.7 Å². The van der Waals surface area contributed by atoms with Crippen molar-refractivity contribution in [2.45, 2.75) is 32.0 Å². The van der Waals surface area contributed by atoms with Gasteiger partial charge < -0.3 is 15.8 Å². The number of hydrogen-bond donors (Lipinski definition) is 2. The molecule has 22 heavy (non-hydrogen) atoms. The Morgan fingerprint density at radius 3 is 3.05 bits per heavy atom. The highest BCUT2D eigenvalue weighted by Crippen LogP contribution is 2.29. The first kappa shape index (κ1) is 14.5. The van der Waals surface area contributed by atoms with E-state index in [1.54, 1.807) is 6.20 Å². The second-order valence-electron chi connectivity index (χ2n) is 5.08. The van der Waals surface area contributed by atoms with Crippen LogP contribution in [0.1, 0.15) is 35.5 Å². The van der Waals surface area contributed by atoms with Crippen LogP contribution in [0, 0.1) is 0 Å². The number of hydrogen-bond acceptors (Lipinski definition) is 6. The SMILES string of the molecule is CCn1cc([C@H]2OCC[C@@H]2NC(=O)c2nccnc2N)cn1. The second-order valence-corrected chi connectivity index (χ2v) is 5.08. The molecule has 0 bridgehead atoms. The molecule has 8 nitrogen and oxygen atoms in total. The number of aromatic nitrogens is 4. The van der Waals surface area contributed by atoms with Gasteiger partial charge in [0, 0.05) is 37.3 Å². The van der Waals surface area contributed by atoms with Crippen molar-refractivity contribution in [3.05, 3.63) is 36.0 Å². The molecule has 2 aromatic rings. The summed E-state index contributed by atoms with van der Waals surface area (Å²) in [6, 6.07) is -0.136. The summed E-state index contributed by atoms with van der Waals surface area (Å²) in [4.78, 5) is 20.1. The van der Waals surface area contributed by atoms with Gasteiger partial charge in [-0.15, -0.1) is 0 Å². The topological polar surface area (TPSA) is 108 Å². The van der Waals surface area contributed by atoms with Crippen molar-refractivity contribution in [3.63, 3.8) is 0 Å². The van der Waals surface area contributed by atoms with Crippen LogP contribution >= 0.6 is 0 Å². The molecule has 3 heterocycles. The molecule has 1 fully saturated rings. The number of nitrogens with zero attached hydrogens (tertiary/aromatic N) is 4. The van der Waals surface area contributed by atoms with Crippen molar-refractivity contribution in [3.8, 4) is 0 Å². The third-order valence-electron chi connectivity index (χ3n) is 3.66. The molecule has 8 heteroatoms. The predicted octanol–water partition coefficient (Wildman–Crippen LogP) is 0.535. The minimum Gasteiger partial charge on any atom is -0.382 e. The summed E-state index contributed by atoms with van der Waals surface area (Å²) in [6.07, 6.45) is 7.13. The molecule has 0 unspecified atom stereocenters. The summed E-state index contributed by atoms with van der Waals surface area (Å²) in [5.41, 5.74) is 6.78. The highest BCUT2D eigenvalue weighted by Gasteiger charge is 2.32. The first-order valence-corrected chi connectivity index (χ1v) is 7.20. The van der Waals surface area contributed by atoms with Crippen molar-refractivity contribution in [1.82, 2.24) is 25.1 Å². The van der Waals surface area contributed by atoms with Gasteiger partial charge in [-0.1, -0.05) is 0 Å². The summed E-state index contributed by atoms with van der Waals surface area (Å²) in [5.74, 6) is -0.219. The van der Waals surface area contributed by atoms with E-state index in [1.165, 1.54) is 12.4 Å². The maximum absolute atomic E-state index is 12.3. The number of nitrogens with two attached hydrogens (primary N) is 1. The van der Waals surface area contributed by atoms with Crippen molar-refractivity contribution in [2.75, 3.05) is 12.3 Å². The molecule has 116 valence electrons. The molecule has 1 amide bonds. The molecule has 2 aromatic heterocycles. The van der Waals surface area contributed by atoms with Crippen LogP contribution in [-0.2, 0) is 11.3 Å². The zero-order valence-corrected chi connectivity index (χ0v) is 12.3. The smallest absolute Gasteiger partial charge is 0.274 e. The molecule has 1 saturated heterocycles. The lowest BCUT2D eigenvalue weighted by molar-refractivity contribution is 0.0818. The fourth-order valence-electron chi connectivity index (χ4n) is 2.53. The maximum atomic E-state index is 12.3. The van der Waals surface area contributed by atoms with E-state index in [1.807, 2.05) is 17.8 Å². The van der Waals surface area contributed by atoms with Gasteiger partial charge in [-0.25, -0.2) is 9.97 Å². The first-order chi connectivity index (χ1) is 10.7. The molecule has 0 aliphatic carbocycles. The standard InChI is InChI=1S/C14H18N6O2/c1-2-20-8-9(7-18-20)12-10(3-6-22-12)19-14(21)11-13(15)17-5-4-16-11/h4-5,7-8,10,12H,2-3,6H2,1H3,(H2,15,17)(H,19,21)/t10-,12+/m0/s1. The van der Waals surface area contributed by atoms with Gasteiger partial charge in [-0.3, -0.25) is 9.48 Å². The average Bonchev–Trinajstić information content (AvgIpc) is 3.15. The van der Waals surface area contributed by atoms with E-state index < -0.39 is 0 Å². The molecule has 3 rings (SSSR count). The van der Waals surface area contributed by atoms with Gasteiger partial charge in [-0.05, 0) is 13.3 Å². The largest absolute Gasteiger partial charge is 0.382 e. The monoisotopic (exact) mass is 302 g/mol. The van der Waals surface area contributed by atoms with Crippen molar-refractivity contribution in [2.24, 2.45) is 0 Å². The van der Waals surface area contributed by atoms with E-state index in [0.717, 1.165) is 18.5 Å². The Balaban J connectivity index is 1.74. The van der Waals surface area contributed by atoms with Crippen LogP contribution in [0.3, 0.4) is 0 Å². The lowest BCUT2D eigenvalue weighted by Gasteiger charge is -2.18. The quantitative estimate of drug-likeness (QED) is 0.853. The molecule has 0 radical (unpaired) electrons. The van der Waals surface area contributed by atoms with Crippen LogP contribution in [0.5, 0.6) is 0 Å². The van der Waals surface area contributed by atoms with Crippen LogP contribution in [0.2, 0.25) is 0 Å². The van der Waals surface area contributed by atoms with Crippen LogP contribution in [0.15, 0.2) is 24.8 Å². The Kier molecular flexibility index (Phi) is 4.01. The summed E-state index contributed by atoms with van der Waals surface area (Å²) in [5, 5.41) is 7.18. The molecular weight excluding hydrogens is 284 g/mol. The number of nitrogens with one attached hydrogen (secondary N) is 1. The maximum Gasteiger partial charge on any atom is 0.274 e. The van der Waals surface area contributed by atoms with Crippen molar-refractivity contribution < 1.29 is 9.53 Å². The third-order valence-corrected chi connectivity index (χ3v) is 3.66. The highest BCUT2D eigenvalue weighted by atomic mass is 16.5. The molecule has 0 saturated carbocycles. The number of ether oxygens (including phenoxy) is 1. The number of rotatable bonds is 4. The normalized spacial score (nSPS) is 21.0. The number of carbonyl (C=O) groups is 1. The molecule has 3 N–H and O–H groups in total. The number of aryl methyl sites for hydroxylation is 1. The number of nitrogen functional groups attached to an aromatic ring is 1. The first-order valence-electron chi connectivity index (χ1n) is 7.20. The van der Waals surface area contributed by atoms with E-state index >= 15 is 0 Å². The van der Waals surface area contributed by atoms with Gasteiger partial charge in [0.25, 0.3) is 5.91 Å². The molecule has 0 aromatic carbocycles. The van der Waals surface area contributed by atoms with E-state index in [4.69, 9.17) is 10.5 Å². The Hall–Kier alpha value is -2.48. The Morgan fingerprint density at radius 2 is 2.32 bits per heavy atom. The number of anilines is 1. The Morgan fingerprint density at radius 1 is 1.50 bits per heavy atom. The summed E-state index contributed by atoms with van der Waals surface area (Å²) < 4.78 is 7.57. The van der Waals surface area contributed by atoms with Crippen LogP contribution < -0.4 is 11.1 Å². The summed E-state index contributed by atoms with van der Waals surface area (Å²) >= 11 is 0. The zero-order valence-electron chi connectivity index (χ0n) is 12.3. The predicted molar refractivity (Wildman–Crippen MR) is 78.9 cm³/mol. The minimum absolute atomic E-state index is 0.120. The van der Waals surface area contributed by atoms with Gasteiger partial charge >= 0.3 is 0 Å². The van der Waals surface area contributed by atoms with E-state index in [-0.39, 0.29) is 29.6 Å². The molecule has 0 spiro atoms. The Labute approximate surface area is 127 Å². The van der Waals surface area contributed by atoms with Gasteiger partial charge in [0.2, 0.25) is 0 Å². The molecule has 1 aliphatic heterocycles. The van der Waals surface area contributed by atoms with Crippen LogP contribution in [0.25, 0.3) is 0 Å². The fourth-order valence-corrected chi connectivity index (χ4v) is 2.53. The zero-order chi connectivity index (χ0) is 15.5. The van der Waals surface area contributed by atoms with Gasteiger partial charge in [0.05, 0.1) is 12.2 Å². The summed E-state index contributed by atoms with van der Waals surface area (Å²) in [6.45, 7) is 3.39. The molecule has 1 aliphatic rings. The number of carbonyl (C=O) groups excluding carboxylic acids is 1. The van der Waals surface area contributed by atoms with E-state index in [2.05, 4.69) is 20.4 Å². The van der Waals surface area contributed by atoms with Gasteiger partial charge in [-0.2, -0.15) is 5.10 Å². The van der Waals surface area contributed by atoms with E-state index in [0.29, 0.717) is 6.61 Å². The number of amides is 1. The highest BCUT2D eigenvalue weighted by molar-refractivity contribution is 5.96. The second kappa shape index (κ2) is 6.10. The lowest BCUT2D eigenvalue weighted by atomic mass is 10.1. The fraction of sp³-hybridized carbons (Fsp3) is 0.429. The summed E-state index contributed by atoms with van der Waals surface area (Å²) in [7, 11) is 0. The minimum atomic E-state index is -0.339. The van der Waals surface area contributed by atoms with Crippen LogP contribution in [-0.4, -0.2) is 38.3 Å². The molecular formula is C14H18N6O2. The average molecular weight is 302 g/mol. The lowest BCUT2D eigenvalue weighted by Crippen LogP contribution is -2.37. The van der Waals surface area contributed by atoms with Crippen LogP contribution in [0.4, 0.5) is 5.82 Å². The Bertz CT molecular complexity index is 671. The van der Waals surface area contributed by atoms with Crippen molar-refractivity contribution in [1.29, 1.82) is 0 Å². The molecule has 2 atom stereocenters. The van der Waals surface area contributed by atoms with Gasteiger partial charge in [0.1, 0.15) is 6.10 Å². The van der Waals surface area contributed by atoms with E-state index in [9.17, 15) is 4.79 Å². The third kappa shape index (κ3) is 2.77.